The van der Waals surface area contributed by atoms with E-state index in [0.717, 1.165) is 18.4 Å². The molecule has 0 spiro atoms. The second-order valence-corrected chi connectivity index (χ2v) is 4.72. The molecule has 1 rings (SSSR count). The smallest absolute Gasteiger partial charge is 0.224 e. The average molecular weight is 223 g/mol. The van der Waals surface area contributed by atoms with Gasteiger partial charge in [0, 0.05) is 6.26 Å². The minimum atomic E-state index is -4.57. The normalized spacial score (nSPS) is 12.9. The second-order valence-electron chi connectivity index (χ2n) is 2.71. The van der Waals surface area contributed by atoms with Crippen LogP contribution in [0.25, 0.3) is 0 Å². The van der Waals surface area contributed by atoms with Gasteiger partial charge in [-0.2, -0.15) is 13.2 Å². The molecule has 1 aromatic carbocycles. The molecule has 0 aliphatic carbocycles. The predicted molar refractivity (Wildman–Crippen MR) is 43.4 cm³/mol. The first kappa shape index (κ1) is 11.0. The number of rotatable bonds is 1. The van der Waals surface area contributed by atoms with Gasteiger partial charge < -0.3 is 0 Å². The van der Waals surface area contributed by atoms with Crippen LogP contribution >= 0.6 is 0 Å². The van der Waals surface area contributed by atoms with E-state index in [-0.39, 0.29) is 4.90 Å². The van der Waals surface area contributed by atoms with Crippen LogP contribution in [-0.2, 0) is 16.0 Å². The highest BCUT2D eigenvalue weighted by atomic mass is 32.2. The Labute approximate surface area is 79.3 Å². The molecule has 0 unspecified atom stereocenters. The van der Waals surface area contributed by atoms with Gasteiger partial charge in [-0.25, -0.2) is 8.42 Å². The van der Waals surface area contributed by atoms with Gasteiger partial charge in [-0.05, 0) is 18.2 Å². The molecule has 0 saturated carbocycles. The Bertz CT molecular complexity index is 434. The Kier molecular flexibility index (Phi) is 2.58. The summed E-state index contributed by atoms with van der Waals surface area (Å²) >= 11 is 0. The Morgan fingerprint density at radius 1 is 1.36 bits per heavy atom. The summed E-state index contributed by atoms with van der Waals surface area (Å²) in [7, 11) is -3.61. The molecule has 0 fully saturated rings. The van der Waals surface area contributed by atoms with E-state index in [1.54, 1.807) is 0 Å². The summed E-state index contributed by atoms with van der Waals surface area (Å²) < 4.78 is 58.3. The highest BCUT2D eigenvalue weighted by Gasteiger charge is 2.31. The van der Waals surface area contributed by atoms with Crippen molar-refractivity contribution in [3.05, 3.63) is 29.8 Å². The zero-order chi connectivity index (χ0) is 11.0. The topological polar surface area (TPSA) is 34.1 Å². The number of hydrogen-bond donors (Lipinski definition) is 0. The van der Waals surface area contributed by atoms with Crippen molar-refractivity contribution in [2.45, 2.75) is 11.1 Å². The van der Waals surface area contributed by atoms with Crippen molar-refractivity contribution in [2.75, 3.05) is 6.26 Å². The highest BCUT2D eigenvalue weighted by Crippen LogP contribution is 2.29. The van der Waals surface area contributed by atoms with E-state index in [1.807, 2.05) is 6.07 Å². The summed E-state index contributed by atoms with van der Waals surface area (Å²) in [5.41, 5.74) is -1.08. The predicted octanol–water partition coefficient (Wildman–Crippen LogP) is 1.91. The van der Waals surface area contributed by atoms with Crippen LogP contribution in [0.1, 0.15) is 5.56 Å². The van der Waals surface area contributed by atoms with Crippen molar-refractivity contribution in [1.82, 2.24) is 0 Å². The molecule has 0 aliphatic heterocycles. The van der Waals surface area contributed by atoms with Crippen molar-refractivity contribution < 1.29 is 21.6 Å². The summed E-state index contributed by atoms with van der Waals surface area (Å²) in [5.74, 6) is 0. The molecule has 14 heavy (non-hydrogen) atoms. The Morgan fingerprint density at radius 2 is 1.93 bits per heavy atom. The number of benzene rings is 1. The molecule has 0 aliphatic rings. The molecule has 1 radical (unpaired) electrons. The zero-order valence-electron chi connectivity index (χ0n) is 7.09. The van der Waals surface area contributed by atoms with E-state index in [4.69, 9.17) is 0 Å². The first-order valence-corrected chi connectivity index (χ1v) is 5.39. The van der Waals surface area contributed by atoms with Crippen molar-refractivity contribution in [3.8, 4) is 0 Å². The van der Waals surface area contributed by atoms with E-state index in [2.05, 4.69) is 0 Å². The second kappa shape index (κ2) is 3.27. The number of halogens is 3. The molecule has 0 saturated heterocycles. The van der Waals surface area contributed by atoms with Gasteiger partial charge in [-0.1, -0.05) is 6.07 Å². The lowest BCUT2D eigenvalue weighted by molar-refractivity contribution is -0.137. The maximum atomic E-state index is 12.1. The summed E-state index contributed by atoms with van der Waals surface area (Å²) in [5, 5.41) is 0. The van der Waals surface area contributed by atoms with Gasteiger partial charge in [-0.15, -0.1) is 0 Å². The molecule has 0 heterocycles. The third-order valence-electron chi connectivity index (χ3n) is 1.51. The van der Waals surface area contributed by atoms with Gasteiger partial charge in [0.05, 0.1) is 10.5 Å². The van der Waals surface area contributed by atoms with Crippen molar-refractivity contribution in [1.29, 1.82) is 0 Å². The third kappa shape index (κ3) is 2.47. The van der Waals surface area contributed by atoms with Crippen LogP contribution in [0, 0.1) is 6.07 Å². The monoisotopic (exact) mass is 223 g/mol. The van der Waals surface area contributed by atoms with Crippen molar-refractivity contribution in [2.24, 2.45) is 0 Å². The van der Waals surface area contributed by atoms with E-state index < -0.39 is 21.6 Å². The number of sulfone groups is 1. The van der Waals surface area contributed by atoms with Crippen molar-refractivity contribution >= 4 is 9.84 Å². The lowest BCUT2D eigenvalue weighted by Gasteiger charge is -2.06. The quantitative estimate of drug-likeness (QED) is 0.728. The largest absolute Gasteiger partial charge is 0.417 e. The fraction of sp³-hybridized carbons (Fsp3) is 0.250. The lowest BCUT2D eigenvalue weighted by atomic mass is 10.2. The minimum absolute atomic E-state index is 0.358. The van der Waals surface area contributed by atoms with Gasteiger partial charge in [0.1, 0.15) is 0 Å². The molecular weight excluding hydrogens is 217 g/mol. The number of alkyl halides is 3. The molecule has 1 aromatic rings. The highest BCUT2D eigenvalue weighted by molar-refractivity contribution is 7.90. The third-order valence-corrected chi connectivity index (χ3v) is 2.62. The Morgan fingerprint density at radius 3 is 2.36 bits per heavy atom. The molecule has 0 amide bonds. The fourth-order valence-corrected chi connectivity index (χ4v) is 1.49. The summed E-state index contributed by atoms with van der Waals surface area (Å²) in [6.45, 7) is 0. The molecule has 77 valence electrons. The van der Waals surface area contributed by atoms with E-state index in [1.165, 1.54) is 0 Å². The van der Waals surface area contributed by atoms with Gasteiger partial charge in [-0.3, -0.25) is 0 Å². The molecule has 0 bridgehead atoms. The first-order valence-electron chi connectivity index (χ1n) is 3.50. The average Bonchev–Trinajstić information content (AvgIpc) is 2.01. The lowest BCUT2D eigenvalue weighted by Crippen LogP contribution is -2.07. The molecule has 6 heteroatoms. The maximum Gasteiger partial charge on any atom is 0.417 e. The SMILES string of the molecule is CS(=O)(=O)c1cc[c]c(C(F)(F)F)c1. The molecule has 2 nitrogen and oxygen atoms in total. The summed E-state index contributed by atoms with van der Waals surface area (Å²) in [4.78, 5) is -0.358. The molecular formula is C8H6F3O2S. The van der Waals surface area contributed by atoms with E-state index in [9.17, 15) is 21.6 Å². The fourth-order valence-electron chi connectivity index (χ4n) is 0.840. The van der Waals surface area contributed by atoms with Crippen molar-refractivity contribution in [3.63, 3.8) is 0 Å². The van der Waals surface area contributed by atoms with Gasteiger partial charge in [0.2, 0.25) is 0 Å². The Hall–Kier alpha value is -1.04. The zero-order valence-corrected chi connectivity index (χ0v) is 7.91. The molecule has 0 aromatic heterocycles. The van der Waals surface area contributed by atoms with Gasteiger partial charge >= 0.3 is 6.18 Å². The van der Waals surface area contributed by atoms with Gasteiger partial charge in [0.25, 0.3) is 0 Å². The van der Waals surface area contributed by atoms with Crippen LogP contribution in [0.2, 0.25) is 0 Å². The van der Waals surface area contributed by atoms with Crippen LogP contribution in [0.4, 0.5) is 13.2 Å². The van der Waals surface area contributed by atoms with Crippen LogP contribution in [0.15, 0.2) is 23.1 Å². The maximum absolute atomic E-state index is 12.1. The first-order chi connectivity index (χ1) is 6.21. The molecule has 0 N–H and O–H groups in total. The number of hydrogen-bond acceptors (Lipinski definition) is 2. The molecule has 0 atom stereocenters. The van der Waals surface area contributed by atoms with Crippen LogP contribution in [0.5, 0.6) is 0 Å². The van der Waals surface area contributed by atoms with Gasteiger partial charge in [0.15, 0.2) is 9.84 Å². The van der Waals surface area contributed by atoms with Crippen LogP contribution in [-0.4, -0.2) is 14.7 Å². The van der Waals surface area contributed by atoms with Crippen LogP contribution < -0.4 is 0 Å². The standard InChI is InChI=1S/C8H6F3O2S/c1-14(12,13)7-4-2-3-6(5-7)8(9,10)11/h2,4-5H,1H3. The van der Waals surface area contributed by atoms with E-state index >= 15 is 0 Å². The summed E-state index contributed by atoms with van der Waals surface area (Å²) in [6, 6.07) is 4.51. The summed E-state index contributed by atoms with van der Waals surface area (Å²) in [6.07, 6.45) is -3.72. The van der Waals surface area contributed by atoms with E-state index in [0.29, 0.717) is 6.07 Å². The minimum Gasteiger partial charge on any atom is -0.224 e. The Balaban J connectivity index is 3.29. The van der Waals surface area contributed by atoms with Crippen LogP contribution in [0.3, 0.4) is 0 Å².